The first-order valence-electron chi connectivity index (χ1n) is 6.30. The molecule has 0 radical (unpaired) electrons. The highest BCUT2D eigenvalue weighted by Crippen LogP contribution is 2.17. The zero-order chi connectivity index (χ0) is 15.4. The smallest absolute Gasteiger partial charge is 0.322 e. The van der Waals surface area contributed by atoms with Gasteiger partial charge in [0.2, 0.25) is 5.91 Å². The molecule has 0 aliphatic heterocycles. The maximum atomic E-state index is 12.0. The summed E-state index contributed by atoms with van der Waals surface area (Å²) in [6.45, 7) is -0.740. The highest BCUT2D eigenvalue weighted by Gasteiger charge is 2.14. The molecule has 7 heteroatoms. The number of aromatic nitrogens is 1. The second-order valence-electron chi connectivity index (χ2n) is 4.50. The molecule has 3 N–H and O–H groups in total. The number of hydrogen-bond donors (Lipinski definition) is 3. The number of carbonyl (C=O) groups is 3. The van der Waals surface area contributed by atoms with E-state index in [2.05, 4.69) is 10.6 Å². The number of fused-ring (bicyclic) bond motifs is 1. The van der Waals surface area contributed by atoms with Crippen molar-refractivity contribution in [3.8, 4) is 0 Å². The van der Waals surface area contributed by atoms with E-state index < -0.39 is 18.4 Å². The van der Waals surface area contributed by atoms with Crippen LogP contribution >= 0.6 is 0 Å². The van der Waals surface area contributed by atoms with E-state index in [1.54, 1.807) is 17.7 Å². The number of aryl methyl sites for hydroxylation is 1. The van der Waals surface area contributed by atoms with Crippen LogP contribution in [0.5, 0.6) is 0 Å². The van der Waals surface area contributed by atoms with E-state index in [9.17, 15) is 14.4 Å². The van der Waals surface area contributed by atoms with Crippen LogP contribution < -0.4 is 10.6 Å². The molecule has 0 saturated carbocycles. The first-order chi connectivity index (χ1) is 9.99. The number of benzene rings is 1. The molecule has 1 aromatic carbocycles. The summed E-state index contributed by atoms with van der Waals surface area (Å²) in [5.74, 6) is -2.08. The maximum absolute atomic E-state index is 12.0. The van der Waals surface area contributed by atoms with Crippen molar-refractivity contribution in [1.29, 1.82) is 0 Å². The van der Waals surface area contributed by atoms with Crippen LogP contribution in [0.15, 0.2) is 30.3 Å². The molecule has 1 heterocycles. The highest BCUT2D eigenvalue weighted by molar-refractivity contribution is 6.00. The SMILES string of the molecule is Cn1c(C(=O)NCC(=O)NCC(=O)O)cc2ccccc21. The summed E-state index contributed by atoms with van der Waals surface area (Å²) in [6, 6.07) is 9.28. The predicted octanol–water partition coefficient (Wildman–Crippen LogP) is 0.109. The van der Waals surface area contributed by atoms with E-state index in [4.69, 9.17) is 5.11 Å². The molecular formula is C14H15N3O4. The number of rotatable bonds is 5. The Balaban J connectivity index is 2.01. The number of nitrogens with zero attached hydrogens (tertiary/aromatic N) is 1. The lowest BCUT2D eigenvalue weighted by Crippen LogP contribution is -2.39. The lowest BCUT2D eigenvalue weighted by Gasteiger charge is -2.06. The van der Waals surface area contributed by atoms with Gasteiger partial charge in [-0.25, -0.2) is 0 Å². The van der Waals surface area contributed by atoms with Crippen molar-refractivity contribution in [2.75, 3.05) is 13.1 Å². The Kier molecular flexibility index (Phi) is 4.22. The zero-order valence-corrected chi connectivity index (χ0v) is 11.4. The van der Waals surface area contributed by atoms with Gasteiger partial charge in [-0.3, -0.25) is 14.4 Å². The normalized spacial score (nSPS) is 10.3. The Morgan fingerprint density at radius 1 is 1.14 bits per heavy atom. The molecular weight excluding hydrogens is 274 g/mol. The van der Waals surface area contributed by atoms with Crippen LogP contribution in [0, 0.1) is 0 Å². The number of hydrogen-bond acceptors (Lipinski definition) is 3. The number of carboxylic acids is 1. The molecule has 2 rings (SSSR count). The molecule has 2 aromatic rings. The van der Waals surface area contributed by atoms with E-state index in [0.29, 0.717) is 5.69 Å². The summed E-state index contributed by atoms with van der Waals surface area (Å²) in [4.78, 5) is 33.7. The first-order valence-corrected chi connectivity index (χ1v) is 6.30. The number of carboxylic acid groups (broad SMARTS) is 1. The number of carbonyl (C=O) groups excluding carboxylic acids is 2. The number of para-hydroxylation sites is 1. The quantitative estimate of drug-likeness (QED) is 0.727. The molecule has 0 spiro atoms. The van der Waals surface area contributed by atoms with Crippen LogP contribution in [0.4, 0.5) is 0 Å². The van der Waals surface area contributed by atoms with Crippen molar-refractivity contribution in [2.45, 2.75) is 0 Å². The topological polar surface area (TPSA) is 100 Å². The summed E-state index contributed by atoms with van der Waals surface area (Å²) >= 11 is 0. The molecule has 0 aliphatic rings. The van der Waals surface area contributed by atoms with Crippen molar-refractivity contribution >= 4 is 28.7 Å². The van der Waals surface area contributed by atoms with Crippen molar-refractivity contribution in [3.05, 3.63) is 36.0 Å². The van der Waals surface area contributed by atoms with Crippen LogP contribution in [0.1, 0.15) is 10.5 Å². The van der Waals surface area contributed by atoms with Crippen LogP contribution in [-0.2, 0) is 16.6 Å². The monoisotopic (exact) mass is 289 g/mol. The second kappa shape index (κ2) is 6.08. The minimum atomic E-state index is -1.14. The summed E-state index contributed by atoms with van der Waals surface area (Å²) in [6.07, 6.45) is 0. The summed E-state index contributed by atoms with van der Waals surface area (Å²) in [5.41, 5.74) is 1.35. The van der Waals surface area contributed by atoms with Gasteiger partial charge in [0.1, 0.15) is 12.2 Å². The molecule has 2 amide bonds. The van der Waals surface area contributed by atoms with Gasteiger partial charge in [-0.2, -0.15) is 0 Å². The van der Waals surface area contributed by atoms with E-state index in [0.717, 1.165) is 10.9 Å². The summed E-state index contributed by atoms with van der Waals surface area (Å²) in [7, 11) is 1.77. The Hall–Kier alpha value is -2.83. The Bertz CT molecular complexity index is 705. The molecule has 0 saturated heterocycles. The summed E-state index contributed by atoms with van der Waals surface area (Å²) < 4.78 is 1.74. The van der Waals surface area contributed by atoms with Crippen molar-refractivity contribution in [2.24, 2.45) is 7.05 Å². The van der Waals surface area contributed by atoms with Gasteiger partial charge in [0, 0.05) is 18.0 Å². The molecule has 1 aromatic heterocycles. The lowest BCUT2D eigenvalue weighted by atomic mass is 10.2. The van der Waals surface area contributed by atoms with E-state index in [1.165, 1.54) is 0 Å². The van der Waals surface area contributed by atoms with Gasteiger partial charge in [0.25, 0.3) is 5.91 Å². The molecule has 110 valence electrons. The molecule has 0 bridgehead atoms. The fourth-order valence-corrected chi connectivity index (χ4v) is 1.99. The average Bonchev–Trinajstić information content (AvgIpc) is 2.80. The molecule has 0 atom stereocenters. The Labute approximate surface area is 120 Å². The third kappa shape index (κ3) is 3.38. The average molecular weight is 289 g/mol. The maximum Gasteiger partial charge on any atom is 0.322 e. The van der Waals surface area contributed by atoms with Crippen LogP contribution in [0.2, 0.25) is 0 Å². The van der Waals surface area contributed by atoms with Gasteiger partial charge < -0.3 is 20.3 Å². The highest BCUT2D eigenvalue weighted by atomic mass is 16.4. The molecule has 0 unspecified atom stereocenters. The Morgan fingerprint density at radius 2 is 1.86 bits per heavy atom. The zero-order valence-electron chi connectivity index (χ0n) is 11.4. The first kappa shape index (κ1) is 14.6. The van der Waals surface area contributed by atoms with Gasteiger partial charge in [0.05, 0.1) is 6.54 Å². The lowest BCUT2D eigenvalue weighted by molar-refractivity contribution is -0.137. The predicted molar refractivity (Wildman–Crippen MR) is 75.9 cm³/mol. The standard InChI is InChI=1S/C14H15N3O4/c1-17-10-5-3-2-4-9(10)6-11(17)14(21)16-7-12(18)15-8-13(19)20/h2-6H,7-8H2,1H3,(H,15,18)(H,16,21)(H,19,20). The third-order valence-electron chi connectivity index (χ3n) is 3.03. The molecule has 0 aliphatic carbocycles. The molecule has 21 heavy (non-hydrogen) atoms. The summed E-state index contributed by atoms with van der Waals surface area (Å²) in [5, 5.41) is 14.0. The van der Waals surface area contributed by atoms with Gasteiger partial charge in [-0.05, 0) is 12.1 Å². The van der Waals surface area contributed by atoms with Crippen LogP contribution in [0.3, 0.4) is 0 Å². The number of aliphatic carboxylic acids is 1. The largest absolute Gasteiger partial charge is 0.480 e. The van der Waals surface area contributed by atoms with Crippen molar-refractivity contribution in [1.82, 2.24) is 15.2 Å². The van der Waals surface area contributed by atoms with E-state index in [1.807, 2.05) is 24.3 Å². The van der Waals surface area contributed by atoms with E-state index >= 15 is 0 Å². The third-order valence-corrected chi connectivity index (χ3v) is 3.03. The van der Waals surface area contributed by atoms with Gasteiger partial charge in [-0.15, -0.1) is 0 Å². The van der Waals surface area contributed by atoms with Gasteiger partial charge in [-0.1, -0.05) is 18.2 Å². The van der Waals surface area contributed by atoms with Crippen LogP contribution in [0.25, 0.3) is 10.9 Å². The fourth-order valence-electron chi connectivity index (χ4n) is 1.99. The minimum absolute atomic E-state index is 0.270. The molecule has 0 fully saturated rings. The van der Waals surface area contributed by atoms with Crippen molar-refractivity contribution in [3.63, 3.8) is 0 Å². The van der Waals surface area contributed by atoms with Gasteiger partial charge in [0.15, 0.2) is 0 Å². The Morgan fingerprint density at radius 3 is 2.52 bits per heavy atom. The second-order valence-corrected chi connectivity index (χ2v) is 4.50. The number of amides is 2. The fraction of sp³-hybridized carbons (Fsp3) is 0.214. The van der Waals surface area contributed by atoms with Crippen LogP contribution in [-0.4, -0.2) is 40.5 Å². The number of nitrogens with one attached hydrogen (secondary N) is 2. The van der Waals surface area contributed by atoms with E-state index in [-0.39, 0.29) is 12.5 Å². The molecule has 7 nitrogen and oxygen atoms in total. The van der Waals surface area contributed by atoms with Crippen molar-refractivity contribution < 1.29 is 19.5 Å². The minimum Gasteiger partial charge on any atom is -0.480 e. The van der Waals surface area contributed by atoms with Gasteiger partial charge >= 0.3 is 5.97 Å².